The first-order chi connectivity index (χ1) is 12.1. The van der Waals surface area contributed by atoms with Gasteiger partial charge in [0.2, 0.25) is 0 Å². The van der Waals surface area contributed by atoms with Crippen molar-refractivity contribution < 1.29 is 9.59 Å². The molecular formula is C19H24ClN3O2S. The van der Waals surface area contributed by atoms with Crippen LogP contribution < -0.4 is 16.4 Å². The third-order valence-electron chi connectivity index (χ3n) is 4.40. The Labute approximate surface area is 163 Å². The van der Waals surface area contributed by atoms with Crippen molar-refractivity contribution in [1.29, 1.82) is 0 Å². The number of nitrogens with two attached hydrogens (primary N) is 1. The van der Waals surface area contributed by atoms with Gasteiger partial charge in [0.05, 0.1) is 16.1 Å². The fourth-order valence-corrected chi connectivity index (χ4v) is 4.18. The molecule has 26 heavy (non-hydrogen) atoms. The quantitative estimate of drug-likeness (QED) is 0.729. The number of amides is 2. The SMILES string of the molecule is CC1CCc2sc(C(=O)Nc3ccccc3C(=O)NCCN)cc2C1.Cl. The Morgan fingerprint density at radius 3 is 2.81 bits per heavy atom. The summed E-state index contributed by atoms with van der Waals surface area (Å²) in [5.41, 5.74) is 7.68. The molecule has 4 N–H and O–H groups in total. The average Bonchev–Trinajstić information content (AvgIpc) is 3.03. The number of thiophene rings is 1. The van der Waals surface area contributed by atoms with Crippen LogP contribution in [0.3, 0.4) is 0 Å². The number of halogens is 1. The van der Waals surface area contributed by atoms with E-state index in [4.69, 9.17) is 5.73 Å². The molecule has 0 saturated carbocycles. The highest BCUT2D eigenvalue weighted by Crippen LogP contribution is 2.32. The highest BCUT2D eigenvalue weighted by atomic mass is 35.5. The number of benzene rings is 1. The number of hydrogen-bond donors (Lipinski definition) is 3. The van der Waals surface area contributed by atoms with Crippen LogP contribution in [0, 0.1) is 5.92 Å². The van der Waals surface area contributed by atoms with Crippen molar-refractivity contribution in [1.82, 2.24) is 5.32 Å². The van der Waals surface area contributed by atoms with E-state index in [9.17, 15) is 9.59 Å². The molecule has 1 aliphatic rings. The first-order valence-corrected chi connectivity index (χ1v) is 9.40. The summed E-state index contributed by atoms with van der Waals surface area (Å²) in [6, 6.07) is 9.02. The second-order valence-corrected chi connectivity index (χ2v) is 7.59. The van der Waals surface area contributed by atoms with Crippen LogP contribution in [0.15, 0.2) is 30.3 Å². The molecule has 1 atom stereocenters. The average molecular weight is 394 g/mol. The summed E-state index contributed by atoms with van der Waals surface area (Å²) in [7, 11) is 0. The number of hydrogen-bond acceptors (Lipinski definition) is 4. The molecule has 1 aromatic heterocycles. The van der Waals surface area contributed by atoms with E-state index in [-0.39, 0.29) is 24.2 Å². The molecule has 1 aliphatic carbocycles. The van der Waals surface area contributed by atoms with Gasteiger partial charge in [0, 0.05) is 18.0 Å². The molecule has 2 aromatic rings. The van der Waals surface area contributed by atoms with Gasteiger partial charge in [-0.3, -0.25) is 9.59 Å². The lowest BCUT2D eigenvalue weighted by Gasteiger charge is -2.16. The molecule has 0 spiro atoms. The van der Waals surface area contributed by atoms with Crippen LogP contribution in [0.2, 0.25) is 0 Å². The molecule has 2 amide bonds. The second kappa shape index (κ2) is 9.16. The van der Waals surface area contributed by atoms with E-state index in [2.05, 4.69) is 17.6 Å². The van der Waals surface area contributed by atoms with Gasteiger partial charge in [-0.1, -0.05) is 19.1 Å². The second-order valence-electron chi connectivity index (χ2n) is 6.45. The molecule has 3 rings (SSSR count). The Morgan fingerprint density at radius 1 is 1.27 bits per heavy atom. The van der Waals surface area contributed by atoms with Gasteiger partial charge < -0.3 is 16.4 Å². The first-order valence-electron chi connectivity index (χ1n) is 8.58. The van der Waals surface area contributed by atoms with Crippen LogP contribution >= 0.6 is 23.7 Å². The minimum atomic E-state index is -0.236. The molecule has 5 nitrogen and oxygen atoms in total. The van der Waals surface area contributed by atoms with E-state index in [1.165, 1.54) is 16.9 Å². The molecule has 1 unspecified atom stereocenters. The van der Waals surface area contributed by atoms with Crippen molar-refractivity contribution in [2.45, 2.75) is 26.2 Å². The summed E-state index contributed by atoms with van der Waals surface area (Å²) in [6.45, 7) is 3.02. The van der Waals surface area contributed by atoms with Crippen molar-refractivity contribution in [3.05, 3.63) is 51.2 Å². The first kappa shape index (κ1) is 20.4. The van der Waals surface area contributed by atoms with Crippen molar-refractivity contribution in [3.8, 4) is 0 Å². The zero-order chi connectivity index (χ0) is 17.8. The third kappa shape index (κ3) is 4.63. The van der Waals surface area contributed by atoms with Gasteiger partial charge in [-0.15, -0.1) is 23.7 Å². The number of anilines is 1. The third-order valence-corrected chi connectivity index (χ3v) is 5.64. The molecule has 0 fully saturated rings. The summed E-state index contributed by atoms with van der Waals surface area (Å²) < 4.78 is 0. The summed E-state index contributed by atoms with van der Waals surface area (Å²) >= 11 is 1.56. The topological polar surface area (TPSA) is 84.2 Å². The van der Waals surface area contributed by atoms with Crippen molar-refractivity contribution in [2.75, 3.05) is 18.4 Å². The number of carbonyl (C=O) groups excluding carboxylic acids is 2. The largest absolute Gasteiger partial charge is 0.351 e. The summed E-state index contributed by atoms with van der Waals surface area (Å²) in [6.07, 6.45) is 3.27. The number of carbonyl (C=O) groups is 2. The van der Waals surface area contributed by atoms with E-state index in [1.807, 2.05) is 6.07 Å². The van der Waals surface area contributed by atoms with Crippen LogP contribution in [0.5, 0.6) is 0 Å². The van der Waals surface area contributed by atoms with Gasteiger partial charge in [0.25, 0.3) is 11.8 Å². The number of nitrogens with one attached hydrogen (secondary N) is 2. The van der Waals surface area contributed by atoms with E-state index in [0.29, 0.717) is 35.1 Å². The Balaban J connectivity index is 0.00000243. The fourth-order valence-electron chi connectivity index (χ4n) is 3.07. The molecule has 0 bridgehead atoms. The predicted octanol–water partition coefficient (Wildman–Crippen LogP) is 3.24. The van der Waals surface area contributed by atoms with Crippen molar-refractivity contribution in [2.24, 2.45) is 11.7 Å². The maximum Gasteiger partial charge on any atom is 0.265 e. The van der Waals surface area contributed by atoms with Crippen LogP contribution in [0.25, 0.3) is 0 Å². The molecule has 1 aromatic carbocycles. The van der Waals surface area contributed by atoms with Crippen molar-refractivity contribution >= 4 is 41.2 Å². The van der Waals surface area contributed by atoms with Crippen molar-refractivity contribution in [3.63, 3.8) is 0 Å². The number of fused-ring (bicyclic) bond motifs is 1. The van der Waals surface area contributed by atoms with Crippen LogP contribution in [0.4, 0.5) is 5.69 Å². The maximum atomic E-state index is 12.6. The van der Waals surface area contributed by atoms with Gasteiger partial charge in [-0.25, -0.2) is 0 Å². The molecule has 1 heterocycles. The van der Waals surface area contributed by atoms with Gasteiger partial charge in [0.15, 0.2) is 0 Å². The van der Waals surface area contributed by atoms with Crippen LogP contribution in [-0.4, -0.2) is 24.9 Å². The fraction of sp³-hybridized carbons (Fsp3) is 0.368. The minimum absolute atomic E-state index is 0. The highest BCUT2D eigenvalue weighted by Gasteiger charge is 2.21. The number of aryl methyl sites for hydroxylation is 1. The highest BCUT2D eigenvalue weighted by molar-refractivity contribution is 7.14. The Kier molecular flexibility index (Phi) is 7.20. The van der Waals surface area contributed by atoms with Gasteiger partial charge in [-0.2, -0.15) is 0 Å². The lowest BCUT2D eigenvalue weighted by Crippen LogP contribution is -2.29. The van der Waals surface area contributed by atoms with Gasteiger partial charge in [-0.05, 0) is 48.9 Å². The molecule has 0 saturated heterocycles. The van der Waals surface area contributed by atoms with E-state index in [0.717, 1.165) is 12.8 Å². The molecule has 7 heteroatoms. The Morgan fingerprint density at radius 2 is 2.04 bits per heavy atom. The number of rotatable bonds is 5. The zero-order valence-electron chi connectivity index (χ0n) is 14.7. The van der Waals surface area contributed by atoms with Crippen LogP contribution in [0.1, 0.15) is 43.8 Å². The van der Waals surface area contributed by atoms with E-state index < -0.39 is 0 Å². The lowest BCUT2D eigenvalue weighted by atomic mass is 9.90. The zero-order valence-corrected chi connectivity index (χ0v) is 16.3. The summed E-state index contributed by atoms with van der Waals surface area (Å²) in [5.74, 6) is 0.275. The van der Waals surface area contributed by atoms with E-state index in [1.54, 1.807) is 35.6 Å². The number of para-hydroxylation sites is 1. The lowest BCUT2D eigenvalue weighted by molar-refractivity contribution is 0.0955. The minimum Gasteiger partial charge on any atom is -0.351 e. The normalized spacial score (nSPS) is 15.5. The molecule has 140 valence electrons. The van der Waals surface area contributed by atoms with Crippen LogP contribution in [-0.2, 0) is 12.8 Å². The molecule has 0 aliphatic heterocycles. The Bertz CT molecular complexity index is 791. The molecule has 0 radical (unpaired) electrons. The smallest absolute Gasteiger partial charge is 0.265 e. The van der Waals surface area contributed by atoms with Gasteiger partial charge in [0.1, 0.15) is 0 Å². The van der Waals surface area contributed by atoms with Gasteiger partial charge >= 0.3 is 0 Å². The summed E-state index contributed by atoms with van der Waals surface area (Å²) in [5, 5.41) is 5.62. The molecular weight excluding hydrogens is 370 g/mol. The maximum absolute atomic E-state index is 12.6. The monoisotopic (exact) mass is 393 g/mol. The Hall–Kier alpha value is -1.89. The van der Waals surface area contributed by atoms with E-state index >= 15 is 0 Å². The predicted molar refractivity (Wildman–Crippen MR) is 109 cm³/mol. The standard InChI is InChI=1S/C19H23N3O2S.ClH/c1-12-6-7-16-13(10-12)11-17(25-16)19(24)22-15-5-3-2-4-14(15)18(23)21-9-8-20;/h2-5,11-12H,6-10,20H2,1H3,(H,21,23)(H,22,24);1H. The summed E-state index contributed by atoms with van der Waals surface area (Å²) in [4.78, 5) is 26.9.